The van der Waals surface area contributed by atoms with Crippen molar-refractivity contribution in [1.82, 2.24) is 19.4 Å². The quantitative estimate of drug-likeness (QED) is 0.391. The number of amides is 1. The second kappa shape index (κ2) is 8.60. The molecule has 0 atom stereocenters. The zero-order chi connectivity index (χ0) is 23.8. The van der Waals surface area contributed by atoms with E-state index in [1.54, 1.807) is 36.0 Å². The number of nitrogens with zero attached hydrogens (tertiary/aromatic N) is 4. The summed E-state index contributed by atoms with van der Waals surface area (Å²) in [6, 6.07) is 18.9. The Kier molecular flexibility index (Phi) is 5.46. The lowest BCUT2D eigenvalue weighted by Gasteiger charge is -2.13. The van der Waals surface area contributed by atoms with Gasteiger partial charge in [0, 0.05) is 40.5 Å². The fourth-order valence-electron chi connectivity index (χ4n) is 3.92. The Labute approximate surface area is 199 Å². The van der Waals surface area contributed by atoms with E-state index < -0.39 is 5.91 Å². The molecule has 1 amide bonds. The number of aromatic nitrogens is 4. The van der Waals surface area contributed by atoms with Gasteiger partial charge in [0.05, 0.1) is 11.1 Å². The van der Waals surface area contributed by atoms with Crippen LogP contribution in [0.2, 0.25) is 0 Å². The Morgan fingerprint density at radius 3 is 2.47 bits per heavy atom. The standard InChI is InChI=1S/C25H22N6O2S/c1-15-13-20(21-14-34-25(27-21)26-17-9-5-4-6-10-17)16(2)31(15)29-23(32)22-18-11-7-8-12-19(18)24(33)30(3)28-22/h4-14H,1-3H3,(H,26,27)(H,29,32). The molecule has 0 saturated heterocycles. The Morgan fingerprint density at radius 2 is 1.71 bits per heavy atom. The number of benzene rings is 2. The van der Waals surface area contributed by atoms with Gasteiger partial charge in [-0.2, -0.15) is 5.10 Å². The lowest BCUT2D eigenvalue weighted by molar-refractivity contribution is 0.100. The fraction of sp³-hybridized carbons (Fsp3) is 0.120. The van der Waals surface area contributed by atoms with Crippen LogP contribution < -0.4 is 16.3 Å². The first kappa shape index (κ1) is 21.6. The minimum atomic E-state index is -0.398. The second-order valence-corrected chi connectivity index (χ2v) is 8.77. The molecule has 5 rings (SSSR count). The number of nitrogens with one attached hydrogen (secondary N) is 2. The maximum absolute atomic E-state index is 13.2. The van der Waals surface area contributed by atoms with E-state index in [1.165, 1.54) is 16.0 Å². The number of para-hydroxylation sites is 1. The van der Waals surface area contributed by atoms with Crippen LogP contribution in [0.3, 0.4) is 0 Å². The molecule has 0 radical (unpaired) electrons. The highest BCUT2D eigenvalue weighted by Crippen LogP contribution is 2.30. The summed E-state index contributed by atoms with van der Waals surface area (Å²) in [6.45, 7) is 3.84. The van der Waals surface area contributed by atoms with Crippen LogP contribution in [-0.4, -0.2) is 25.3 Å². The lowest BCUT2D eigenvalue weighted by Crippen LogP contribution is -2.29. The van der Waals surface area contributed by atoms with E-state index in [-0.39, 0.29) is 11.3 Å². The van der Waals surface area contributed by atoms with Crippen molar-refractivity contribution < 1.29 is 4.79 Å². The first-order chi connectivity index (χ1) is 16.4. The fourth-order valence-corrected chi connectivity index (χ4v) is 4.65. The van der Waals surface area contributed by atoms with Crippen molar-refractivity contribution in [2.24, 2.45) is 7.05 Å². The lowest BCUT2D eigenvalue weighted by atomic mass is 10.1. The van der Waals surface area contributed by atoms with Crippen LogP contribution in [-0.2, 0) is 7.05 Å². The van der Waals surface area contributed by atoms with Gasteiger partial charge in [0.1, 0.15) is 0 Å². The summed E-state index contributed by atoms with van der Waals surface area (Å²) in [7, 11) is 1.54. The molecule has 34 heavy (non-hydrogen) atoms. The van der Waals surface area contributed by atoms with Crippen LogP contribution >= 0.6 is 11.3 Å². The van der Waals surface area contributed by atoms with Gasteiger partial charge in [0.2, 0.25) is 0 Å². The van der Waals surface area contributed by atoms with E-state index in [4.69, 9.17) is 4.98 Å². The Hall–Kier alpha value is -4.24. The topological polar surface area (TPSA) is 93.8 Å². The highest BCUT2D eigenvalue weighted by molar-refractivity contribution is 7.14. The van der Waals surface area contributed by atoms with Crippen molar-refractivity contribution in [3.8, 4) is 11.3 Å². The second-order valence-electron chi connectivity index (χ2n) is 7.91. The highest BCUT2D eigenvalue weighted by Gasteiger charge is 2.19. The summed E-state index contributed by atoms with van der Waals surface area (Å²) in [6.07, 6.45) is 0. The maximum Gasteiger partial charge on any atom is 0.291 e. The van der Waals surface area contributed by atoms with Gasteiger partial charge in [-0.3, -0.25) is 19.7 Å². The summed E-state index contributed by atoms with van der Waals surface area (Å²) in [5.74, 6) is -0.398. The average Bonchev–Trinajstić information content (AvgIpc) is 3.41. The van der Waals surface area contributed by atoms with E-state index in [9.17, 15) is 9.59 Å². The minimum Gasteiger partial charge on any atom is -0.332 e. The SMILES string of the molecule is Cc1cc(-c2csc(Nc3ccccc3)n2)c(C)n1NC(=O)c1nn(C)c(=O)c2ccccc12. The van der Waals surface area contributed by atoms with Gasteiger partial charge >= 0.3 is 0 Å². The molecule has 8 nitrogen and oxygen atoms in total. The molecular weight excluding hydrogens is 448 g/mol. The molecule has 0 aliphatic heterocycles. The van der Waals surface area contributed by atoms with Crippen LogP contribution in [0.15, 0.2) is 70.8 Å². The first-order valence-corrected chi connectivity index (χ1v) is 11.5. The Balaban J connectivity index is 1.45. The molecule has 9 heteroatoms. The first-order valence-electron chi connectivity index (χ1n) is 10.7. The molecule has 0 spiro atoms. The summed E-state index contributed by atoms with van der Waals surface area (Å²) in [4.78, 5) is 30.3. The number of aryl methyl sites for hydroxylation is 2. The normalized spacial score (nSPS) is 11.0. The molecule has 5 aromatic rings. The molecule has 0 fully saturated rings. The number of fused-ring (bicyclic) bond motifs is 1. The maximum atomic E-state index is 13.2. The molecule has 2 N–H and O–H groups in total. The van der Waals surface area contributed by atoms with Gasteiger partial charge in [-0.1, -0.05) is 36.4 Å². The number of anilines is 2. The van der Waals surface area contributed by atoms with Crippen LogP contribution in [0.4, 0.5) is 10.8 Å². The zero-order valence-electron chi connectivity index (χ0n) is 18.9. The third-order valence-electron chi connectivity index (χ3n) is 5.62. The number of rotatable bonds is 5. The molecule has 0 unspecified atom stereocenters. The third-order valence-corrected chi connectivity index (χ3v) is 6.38. The average molecular weight is 471 g/mol. The predicted molar refractivity (Wildman–Crippen MR) is 135 cm³/mol. The van der Waals surface area contributed by atoms with E-state index in [2.05, 4.69) is 15.8 Å². The van der Waals surface area contributed by atoms with Crippen molar-refractivity contribution in [1.29, 1.82) is 0 Å². The highest BCUT2D eigenvalue weighted by atomic mass is 32.1. The molecule has 0 aliphatic rings. The predicted octanol–water partition coefficient (Wildman–Crippen LogP) is 4.60. The number of hydrogen-bond acceptors (Lipinski definition) is 6. The van der Waals surface area contributed by atoms with Gasteiger partial charge in [-0.25, -0.2) is 9.67 Å². The summed E-state index contributed by atoms with van der Waals surface area (Å²) in [5, 5.41) is 11.3. The largest absolute Gasteiger partial charge is 0.332 e. The van der Waals surface area contributed by atoms with Crippen molar-refractivity contribution in [3.63, 3.8) is 0 Å². The minimum absolute atomic E-state index is 0.190. The van der Waals surface area contributed by atoms with Gasteiger partial charge in [-0.05, 0) is 38.1 Å². The number of carbonyl (C=O) groups is 1. The summed E-state index contributed by atoms with van der Waals surface area (Å²) >= 11 is 1.52. The summed E-state index contributed by atoms with van der Waals surface area (Å²) < 4.78 is 2.91. The Morgan fingerprint density at radius 1 is 1.00 bits per heavy atom. The zero-order valence-corrected chi connectivity index (χ0v) is 19.7. The van der Waals surface area contributed by atoms with Crippen molar-refractivity contribution in [2.45, 2.75) is 13.8 Å². The molecule has 170 valence electrons. The number of thiazole rings is 1. The van der Waals surface area contributed by atoms with E-state index in [0.717, 1.165) is 33.5 Å². The number of hydrogen-bond donors (Lipinski definition) is 2. The van der Waals surface area contributed by atoms with Crippen LogP contribution in [0, 0.1) is 13.8 Å². The van der Waals surface area contributed by atoms with Gasteiger partial charge in [-0.15, -0.1) is 11.3 Å². The third kappa shape index (κ3) is 3.86. The number of carbonyl (C=O) groups excluding carboxylic acids is 1. The van der Waals surface area contributed by atoms with E-state index >= 15 is 0 Å². The molecular formula is C25H22N6O2S. The Bertz CT molecular complexity index is 1580. The molecule has 2 aromatic carbocycles. The molecule has 0 aliphatic carbocycles. The molecule has 3 aromatic heterocycles. The molecule has 0 saturated carbocycles. The smallest absolute Gasteiger partial charge is 0.291 e. The monoisotopic (exact) mass is 470 g/mol. The molecule has 0 bridgehead atoms. The van der Waals surface area contributed by atoms with Crippen molar-refractivity contribution in [3.05, 3.63) is 93.5 Å². The van der Waals surface area contributed by atoms with Crippen LogP contribution in [0.25, 0.3) is 22.0 Å². The van der Waals surface area contributed by atoms with Gasteiger partial charge in [0.15, 0.2) is 10.8 Å². The summed E-state index contributed by atoms with van der Waals surface area (Å²) in [5.41, 5.74) is 7.28. The van der Waals surface area contributed by atoms with Crippen LogP contribution in [0.1, 0.15) is 21.9 Å². The van der Waals surface area contributed by atoms with E-state index in [1.807, 2.05) is 55.6 Å². The van der Waals surface area contributed by atoms with Crippen LogP contribution in [0.5, 0.6) is 0 Å². The van der Waals surface area contributed by atoms with Crippen molar-refractivity contribution >= 4 is 38.8 Å². The molecule has 3 heterocycles. The van der Waals surface area contributed by atoms with Crippen molar-refractivity contribution in [2.75, 3.05) is 10.7 Å². The van der Waals surface area contributed by atoms with E-state index in [0.29, 0.717) is 10.8 Å². The van der Waals surface area contributed by atoms with Gasteiger partial charge < -0.3 is 5.32 Å². The van der Waals surface area contributed by atoms with Gasteiger partial charge in [0.25, 0.3) is 11.5 Å².